The molecule has 78 valence electrons. The van der Waals surface area contributed by atoms with Crippen LogP contribution in [-0.4, -0.2) is 29.9 Å². The zero-order valence-electron chi connectivity index (χ0n) is 8.12. The molecule has 0 saturated carbocycles. The number of thiol groups is 1. The SMILES string of the molecule is CC(CO)CCCNC(=O)CCS. The monoisotopic (exact) mass is 205 g/mol. The first kappa shape index (κ1) is 12.8. The van der Waals surface area contributed by atoms with E-state index >= 15 is 0 Å². The number of carbonyl (C=O) groups excluding carboxylic acids is 1. The summed E-state index contributed by atoms with van der Waals surface area (Å²) in [5.74, 6) is 0.993. The molecule has 1 amide bonds. The van der Waals surface area contributed by atoms with Crippen LogP contribution >= 0.6 is 12.6 Å². The smallest absolute Gasteiger partial charge is 0.220 e. The Morgan fingerprint density at radius 3 is 2.85 bits per heavy atom. The fourth-order valence-electron chi connectivity index (χ4n) is 0.960. The maximum absolute atomic E-state index is 10.9. The van der Waals surface area contributed by atoms with E-state index in [9.17, 15) is 4.79 Å². The first-order chi connectivity index (χ1) is 6.20. The van der Waals surface area contributed by atoms with E-state index in [-0.39, 0.29) is 12.5 Å². The predicted molar refractivity (Wildman–Crippen MR) is 57.0 cm³/mol. The Balaban J connectivity index is 3.20. The van der Waals surface area contributed by atoms with Crippen LogP contribution in [0.2, 0.25) is 0 Å². The Morgan fingerprint density at radius 1 is 1.62 bits per heavy atom. The van der Waals surface area contributed by atoms with Gasteiger partial charge in [-0.3, -0.25) is 4.79 Å². The van der Waals surface area contributed by atoms with Crippen molar-refractivity contribution in [3.63, 3.8) is 0 Å². The van der Waals surface area contributed by atoms with Crippen LogP contribution < -0.4 is 5.32 Å². The molecule has 0 rings (SSSR count). The van der Waals surface area contributed by atoms with Gasteiger partial charge in [-0.2, -0.15) is 12.6 Å². The molecule has 3 nitrogen and oxygen atoms in total. The fraction of sp³-hybridized carbons (Fsp3) is 0.889. The van der Waals surface area contributed by atoms with Gasteiger partial charge >= 0.3 is 0 Å². The van der Waals surface area contributed by atoms with E-state index in [1.807, 2.05) is 6.92 Å². The van der Waals surface area contributed by atoms with E-state index < -0.39 is 0 Å². The number of nitrogens with one attached hydrogen (secondary N) is 1. The van der Waals surface area contributed by atoms with Gasteiger partial charge in [-0.1, -0.05) is 6.92 Å². The van der Waals surface area contributed by atoms with E-state index in [0.717, 1.165) is 12.8 Å². The molecule has 0 aliphatic rings. The number of hydrogen-bond acceptors (Lipinski definition) is 3. The normalized spacial score (nSPS) is 12.5. The second-order valence-corrected chi connectivity index (χ2v) is 3.70. The predicted octanol–water partition coefficient (Wildman–Crippen LogP) is 0.831. The number of rotatable bonds is 7. The van der Waals surface area contributed by atoms with Crippen molar-refractivity contribution in [2.45, 2.75) is 26.2 Å². The van der Waals surface area contributed by atoms with Gasteiger partial charge in [-0.15, -0.1) is 0 Å². The lowest BCUT2D eigenvalue weighted by Gasteiger charge is -2.07. The van der Waals surface area contributed by atoms with Gasteiger partial charge in [-0.25, -0.2) is 0 Å². The van der Waals surface area contributed by atoms with Crippen molar-refractivity contribution in [3.8, 4) is 0 Å². The van der Waals surface area contributed by atoms with E-state index in [1.54, 1.807) is 0 Å². The maximum atomic E-state index is 10.9. The lowest BCUT2D eigenvalue weighted by molar-refractivity contribution is -0.120. The molecule has 0 aromatic heterocycles. The highest BCUT2D eigenvalue weighted by molar-refractivity contribution is 7.80. The highest BCUT2D eigenvalue weighted by atomic mass is 32.1. The van der Waals surface area contributed by atoms with Crippen LogP contribution in [0.15, 0.2) is 0 Å². The molecular formula is C9H19NO2S. The lowest BCUT2D eigenvalue weighted by atomic mass is 10.1. The topological polar surface area (TPSA) is 49.3 Å². The summed E-state index contributed by atoms with van der Waals surface area (Å²) in [5.41, 5.74) is 0. The van der Waals surface area contributed by atoms with Crippen molar-refractivity contribution in [1.29, 1.82) is 0 Å². The number of aliphatic hydroxyl groups excluding tert-OH is 1. The standard InChI is InChI=1S/C9H19NO2S/c1-8(7-11)3-2-5-10-9(12)4-6-13/h8,11,13H,2-7H2,1H3,(H,10,12). The first-order valence-corrected chi connectivity index (χ1v) is 5.32. The van der Waals surface area contributed by atoms with Gasteiger partial charge in [0, 0.05) is 19.6 Å². The molecule has 2 N–H and O–H groups in total. The molecule has 0 aliphatic carbocycles. The molecule has 0 saturated heterocycles. The van der Waals surface area contributed by atoms with Crippen molar-refractivity contribution in [1.82, 2.24) is 5.32 Å². The first-order valence-electron chi connectivity index (χ1n) is 4.69. The minimum absolute atomic E-state index is 0.0617. The van der Waals surface area contributed by atoms with E-state index in [2.05, 4.69) is 17.9 Å². The molecular weight excluding hydrogens is 186 g/mol. The third-order valence-electron chi connectivity index (χ3n) is 1.85. The molecule has 0 bridgehead atoms. The van der Waals surface area contributed by atoms with Crippen LogP contribution in [0.1, 0.15) is 26.2 Å². The summed E-state index contributed by atoms with van der Waals surface area (Å²) in [5, 5.41) is 11.5. The van der Waals surface area contributed by atoms with E-state index in [4.69, 9.17) is 5.11 Å². The Kier molecular flexibility index (Phi) is 8.24. The summed E-state index contributed by atoms with van der Waals surface area (Å²) >= 11 is 3.96. The summed E-state index contributed by atoms with van der Waals surface area (Å²) in [6.45, 7) is 2.93. The molecule has 0 aliphatic heterocycles. The Morgan fingerprint density at radius 2 is 2.31 bits per heavy atom. The summed E-state index contributed by atoms with van der Waals surface area (Å²) in [4.78, 5) is 10.9. The second kappa shape index (κ2) is 8.38. The summed E-state index contributed by atoms with van der Waals surface area (Å²) in [7, 11) is 0. The third-order valence-corrected chi connectivity index (χ3v) is 2.07. The van der Waals surface area contributed by atoms with Crippen molar-refractivity contribution < 1.29 is 9.90 Å². The lowest BCUT2D eigenvalue weighted by Crippen LogP contribution is -2.24. The molecule has 0 spiro atoms. The zero-order chi connectivity index (χ0) is 10.1. The average Bonchev–Trinajstić information content (AvgIpc) is 2.12. The van der Waals surface area contributed by atoms with Crippen molar-refractivity contribution in [3.05, 3.63) is 0 Å². The molecule has 0 aromatic carbocycles. The van der Waals surface area contributed by atoms with Gasteiger partial charge in [0.05, 0.1) is 0 Å². The molecule has 0 aromatic rings. The molecule has 0 heterocycles. The number of aliphatic hydroxyl groups is 1. The van der Waals surface area contributed by atoms with Crippen molar-refractivity contribution >= 4 is 18.5 Å². The van der Waals surface area contributed by atoms with Crippen LogP contribution in [0.5, 0.6) is 0 Å². The van der Waals surface area contributed by atoms with Crippen LogP contribution in [-0.2, 0) is 4.79 Å². The summed E-state index contributed by atoms with van der Waals surface area (Å²) in [6, 6.07) is 0. The number of carbonyl (C=O) groups is 1. The molecule has 1 unspecified atom stereocenters. The average molecular weight is 205 g/mol. The second-order valence-electron chi connectivity index (χ2n) is 3.25. The molecule has 4 heteroatoms. The van der Waals surface area contributed by atoms with Crippen LogP contribution in [0.3, 0.4) is 0 Å². The summed E-state index contributed by atoms with van der Waals surface area (Å²) in [6.07, 6.45) is 2.37. The molecule has 0 fully saturated rings. The Hall–Kier alpha value is -0.220. The largest absolute Gasteiger partial charge is 0.396 e. The molecule has 1 atom stereocenters. The highest BCUT2D eigenvalue weighted by Gasteiger charge is 2.01. The number of hydrogen-bond donors (Lipinski definition) is 3. The fourth-order valence-corrected chi connectivity index (χ4v) is 1.16. The van der Waals surface area contributed by atoms with E-state index in [1.165, 1.54) is 0 Å². The quantitative estimate of drug-likeness (QED) is 0.426. The van der Waals surface area contributed by atoms with Crippen LogP contribution in [0.4, 0.5) is 0 Å². The van der Waals surface area contributed by atoms with Gasteiger partial charge in [-0.05, 0) is 24.5 Å². The maximum Gasteiger partial charge on any atom is 0.220 e. The zero-order valence-corrected chi connectivity index (χ0v) is 9.02. The Labute approximate surface area is 85.3 Å². The minimum atomic E-state index is 0.0617. The Bertz CT molecular complexity index is 142. The third kappa shape index (κ3) is 8.12. The molecule has 13 heavy (non-hydrogen) atoms. The number of amides is 1. The van der Waals surface area contributed by atoms with Gasteiger partial charge in [0.15, 0.2) is 0 Å². The van der Waals surface area contributed by atoms with Gasteiger partial charge in [0.1, 0.15) is 0 Å². The highest BCUT2D eigenvalue weighted by Crippen LogP contribution is 2.02. The van der Waals surface area contributed by atoms with Gasteiger partial charge in [0.2, 0.25) is 5.91 Å². The van der Waals surface area contributed by atoms with Gasteiger partial charge < -0.3 is 10.4 Å². The van der Waals surface area contributed by atoms with E-state index in [0.29, 0.717) is 24.6 Å². The molecule has 0 radical (unpaired) electrons. The minimum Gasteiger partial charge on any atom is -0.396 e. The van der Waals surface area contributed by atoms with Crippen LogP contribution in [0.25, 0.3) is 0 Å². The summed E-state index contributed by atoms with van der Waals surface area (Å²) < 4.78 is 0. The van der Waals surface area contributed by atoms with Crippen molar-refractivity contribution in [2.75, 3.05) is 18.9 Å². The van der Waals surface area contributed by atoms with Gasteiger partial charge in [0.25, 0.3) is 0 Å². The van der Waals surface area contributed by atoms with Crippen molar-refractivity contribution in [2.24, 2.45) is 5.92 Å². The van der Waals surface area contributed by atoms with Crippen LogP contribution in [0, 0.1) is 5.92 Å².